The van der Waals surface area contributed by atoms with Gasteiger partial charge in [0, 0.05) is 32.1 Å². The molecule has 0 aromatic heterocycles. The van der Waals surface area contributed by atoms with E-state index in [0.717, 1.165) is 37.9 Å². The van der Waals surface area contributed by atoms with Crippen LogP contribution in [0.1, 0.15) is 46.0 Å². The van der Waals surface area contributed by atoms with Gasteiger partial charge < -0.3 is 10.2 Å². The highest BCUT2D eigenvalue weighted by molar-refractivity contribution is 5.73. The van der Waals surface area contributed by atoms with E-state index in [-0.39, 0.29) is 5.91 Å². The third-order valence-corrected chi connectivity index (χ3v) is 4.25. The van der Waals surface area contributed by atoms with Crippen molar-refractivity contribution < 1.29 is 4.79 Å². The monoisotopic (exact) mass is 224 g/mol. The summed E-state index contributed by atoms with van der Waals surface area (Å²) in [4.78, 5) is 13.2. The third-order valence-electron chi connectivity index (χ3n) is 4.25. The summed E-state index contributed by atoms with van der Waals surface area (Å²) >= 11 is 0. The molecule has 2 rings (SSSR count). The number of likely N-dealkylation sites (tertiary alicyclic amines) is 1. The summed E-state index contributed by atoms with van der Waals surface area (Å²) < 4.78 is 0. The maximum absolute atomic E-state index is 11.2. The van der Waals surface area contributed by atoms with E-state index in [1.54, 1.807) is 6.92 Å². The molecule has 0 spiro atoms. The number of rotatable bonds is 2. The lowest BCUT2D eigenvalue weighted by molar-refractivity contribution is -0.129. The van der Waals surface area contributed by atoms with Crippen LogP contribution in [-0.2, 0) is 4.79 Å². The van der Waals surface area contributed by atoms with E-state index in [0.29, 0.717) is 6.04 Å². The number of hydrogen-bond donors (Lipinski definition) is 1. The van der Waals surface area contributed by atoms with Crippen molar-refractivity contribution >= 4 is 5.91 Å². The molecular formula is C13H24N2O. The van der Waals surface area contributed by atoms with Gasteiger partial charge in [-0.05, 0) is 31.6 Å². The molecule has 1 heterocycles. The van der Waals surface area contributed by atoms with Crippen LogP contribution >= 0.6 is 0 Å². The van der Waals surface area contributed by atoms with Crippen molar-refractivity contribution in [2.45, 2.75) is 58.0 Å². The topological polar surface area (TPSA) is 32.3 Å². The Labute approximate surface area is 98.6 Å². The van der Waals surface area contributed by atoms with Gasteiger partial charge in [0.05, 0.1) is 0 Å². The Kier molecular flexibility index (Phi) is 3.85. The minimum Gasteiger partial charge on any atom is -0.343 e. The van der Waals surface area contributed by atoms with Crippen molar-refractivity contribution in [2.75, 3.05) is 13.1 Å². The zero-order chi connectivity index (χ0) is 11.5. The zero-order valence-corrected chi connectivity index (χ0v) is 10.5. The van der Waals surface area contributed by atoms with Crippen LogP contribution in [0.5, 0.6) is 0 Å². The molecule has 1 N–H and O–H groups in total. The molecule has 2 fully saturated rings. The second-order valence-corrected chi connectivity index (χ2v) is 5.46. The SMILES string of the molecule is CC(=O)N1CCC(NC2CCCC2C)CC1. The lowest BCUT2D eigenvalue weighted by Crippen LogP contribution is -2.47. The quantitative estimate of drug-likeness (QED) is 0.775. The van der Waals surface area contributed by atoms with Crippen molar-refractivity contribution in [3.05, 3.63) is 0 Å². The maximum Gasteiger partial charge on any atom is 0.219 e. The molecule has 16 heavy (non-hydrogen) atoms. The molecule has 0 aromatic carbocycles. The van der Waals surface area contributed by atoms with Crippen LogP contribution in [0.2, 0.25) is 0 Å². The van der Waals surface area contributed by atoms with E-state index < -0.39 is 0 Å². The molecule has 2 unspecified atom stereocenters. The normalized spacial score (nSPS) is 32.0. The molecular weight excluding hydrogens is 200 g/mol. The summed E-state index contributed by atoms with van der Waals surface area (Å²) in [6.07, 6.45) is 6.36. The van der Waals surface area contributed by atoms with Gasteiger partial charge >= 0.3 is 0 Å². The van der Waals surface area contributed by atoms with Crippen LogP contribution < -0.4 is 5.32 Å². The summed E-state index contributed by atoms with van der Waals surface area (Å²) in [5.41, 5.74) is 0. The van der Waals surface area contributed by atoms with Crippen LogP contribution in [0, 0.1) is 5.92 Å². The Morgan fingerprint density at radius 1 is 1.19 bits per heavy atom. The highest BCUT2D eigenvalue weighted by Gasteiger charge is 2.27. The fourth-order valence-corrected chi connectivity index (χ4v) is 3.06. The van der Waals surface area contributed by atoms with Gasteiger partial charge in [0.25, 0.3) is 0 Å². The van der Waals surface area contributed by atoms with Gasteiger partial charge in [0.2, 0.25) is 5.91 Å². The Balaban J connectivity index is 1.74. The zero-order valence-electron chi connectivity index (χ0n) is 10.5. The van der Waals surface area contributed by atoms with E-state index in [1.165, 1.54) is 19.3 Å². The smallest absolute Gasteiger partial charge is 0.219 e. The second-order valence-electron chi connectivity index (χ2n) is 5.46. The molecule has 2 atom stereocenters. The summed E-state index contributed by atoms with van der Waals surface area (Å²) in [7, 11) is 0. The molecule has 1 aliphatic heterocycles. The van der Waals surface area contributed by atoms with Gasteiger partial charge in [-0.25, -0.2) is 0 Å². The Morgan fingerprint density at radius 2 is 1.88 bits per heavy atom. The summed E-state index contributed by atoms with van der Waals surface area (Å²) in [6, 6.07) is 1.37. The number of nitrogens with one attached hydrogen (secondary N) is 1. The van der Waals surface area contributed by atoms with Gasteiger partial charge in [-0.15, -0.1) is 0 Å². The molecule has 0 bridgehead atoms. The van der Waals surface area contributed by atoms with Gasteiger partial charge in [0.15, 0.2) is 0 Å². The summed E-state index contributed by atoms with van der Waals surface area (Å²) in [5, 5.41) is 3.79. The van der Waals surface area contributed by atoms with Crippen LogP contribution in [0.25, 0.3) is 0 Å². The summed E-state index contributed by atoms with van der Waals surface area (Å²) in [5.74, 6) is 1.07. The molecule has 0 radical (unpaired) electrons. The predicted molar refractivity (Wildman–Crippen MR) is 65.2 cm³/mol. The highest BCUT2D eigenvalue weighted by Crippen LogP contribution is 2.26. The third kappa shape index (κ3) is 2.76. The molecule has 1 aliphatic carbocycles. The van der Waals surface area contributed by atoms with Crippen LogP contribution in [0.15, 0.2) is 0 Å². The van der Waals surface area contributed by atoms with Crippen LogP contribution in [0.4, 0.5) is 0 Å². The van der Waals surface area contributed by atoms with Crippen molar-refractivity contribution in [3.63, 3.8) is 0 Å². The molecule has 0 aromatic rings. The number of carbonyl (C=O) groups is 1. The van der Waals surface area contributed by atoms with E-state index in [4.69, 9.17) is 0 Å². The Morgan fingerprint density at radius 3 is 2.38 bits per heavy atom. The maximum atomic E-state index is 11.2. The molecule has 1 saturated carbocycles. The molecule has 3 nitrogen and oxygen atoms in total. The molecule has 92 valence electrons. The van der Waals surface area contributed by atoms with Gasteiger partial charge in [-0.3, -0.25) is 4.79 Å². The first-order valence-electron chi connectivity index (χ1n) is 6.68. The highest BCUT2D eigenvalue weighted by atomic mass is 16.2. The van der Waals surface area contributed by atoms with Crippen molar-refractivity contribution in [1.29, 1.82) is 0 Å². The van der Waals surface area contributed by atoms with E-state index in [2.05, 4.69) is 12.2 Å². The predicted octanol–water partition coefficient (Wildman–Crippen LogP) is 1.78. The van der Waals surface area contributed by atoms with E-state index in [1.807, 2.05) is 4.90 Å². The first kappa shape index (κ1) is 11.9. The molecule has 1 amide bonds. The minimum absolute atomic E-state index is 0.229. The molecule has 2 aliphatic rings. The second kappa shape index (κ2) is 5.17. The first-order valence-corrected chi connectivity index (χ1v) is 6.68. The van der Waals surface area contributed by atoms with E-state index >= 15 is 0 Å². The lowest BCUT2D eigenvalue weighted by atomic mass is 10.0. The van der Waals surface area contributed by atoms with Gasteiger partial charge in [-0.2, -0.15) is 0 Å². The Bertz CT molecular complexity index is 246. The molecule has 3 heteroatoms. The number of nitrogens with zero attached hydrogens (tertiary/aromatic N) is 1. The first-order chi connectivity index (χ1) is 7.66. The largest absolute Gasteiger partial charge is 0.343 e. The number of hydrogen-bond acceptors (Lipinski definition) is 2. The average molecular weight is 224 g/mol. The fraction of sp³-hybridized carbons (Fsp3) is 0.923. The van der Waals surface area contributed by atoms with Crippen LogP contribution in [-0.4, -0.2) is 36.0 Å². The standard InChI is InChI=1S/C13H24N2O/c1-10-4-3-5-13(10)14-12-6-8-15(9-7-12)11(2)16/h10,12-14H,3-9H2,1-2H3. The Hall–Kier alpha value is -0.570. The van der Waals surface area contributed by atoms with Crippen molar-refractivity contribution in [3.8, 4) is 0 Å². The van der Waals surface area contributed by atoms with Gasteiger partial charge in [-0.1, -0.05) is 13.3 Å². The fourth-order valence-electron chi connectivity index (χ4n) is 3.06. The summed E-state index contributed by atoms with van der Waals surface area (Å²) in [6.45, 7) is 5.91. The number of amides is 1. The number of piperidine rings is 1. The minimum atomic E-state index is 0.229. The number of carbonyl (C=O) groups excluding carboxylic acids is 1. The van der Waals surface area contributed by atoms with Crippen molar-refractivity contribution in [1.82, 2.24) is 10.2 Å². The van der Waals surface area contributed by atoms with Crippen LogP contribution in [0.3, 0.4) is 0 Å². The molecule has 1 saturated heterocycles. The van der Waals surface area contributed by atoms with Gasteiger partial charge in [0.1, 0.15) is 0 Å². The van der Waals surface area contributed by atoms with Crippen molar-refractivity contribution in [2.24, 2.45) is 5.92 Å². The van der Waals surface area contributed by atoms with E-state index in [9.17, 15) is 4.79 Å². The lowest BCUT2D eigenvalue weighted by Gasteiger charge is -2.34. The average Bonchev–Trinajstić information content (AvgIpc) is 2.65.